The number of rotatable bonds is 7. The quantitative estimate of drug-likeness (QED) is 0.126. The first-order chi connectivity index (χ1) is 19.1. The Bertz CT molecular complexity index is 1550. The largest absolute Gasteiger partial charge is 0.493 e. The SMILES string of the molecule is COc1cc(C=Nc2ccc([C@@H]3Nc4ccccc4[C@@H]4C=CC[C@H]43)cc2)cc(I)c1OCc1ccccc1F. The highest BCUT2D eigenvalue weighted by atomic mass is 127. The molecule has 196 valence electrons. The molecule has 2 aliphatic rings. The van der Waals surface area contributed by atoms with Crippen molar-refractivity contribution in [1.82, 2.24) is 0 Å². The number of nitrogens with one attached hydrogen (secondary N) is 1. The highest BCUT2D eigenvalue weighted by Gasteiger charge is 2.37. The lowest BCUT2D eigenvalue weighted by Gasteiger charge is -2.37. The highest BCUT2D eigenvalue weighted by Crippen LogP contribution is 2.49. The van der Waals surface area contributed by atoms with Crippen LogP contribution in [-0.4, -0.2) is 13.3 Å². The second-order valence-electron chi connectivity index (χ2n) is 9.83. The third-order valence-corrected chi connectivity index (χ3v) is 8.27. The Morgan fingerprint density at radius 3 is 2.64 bits per heavy atom. The first-order valence-corrected chi connectivity index (χ1v) is 14.1. The summed E-state index contributed by atoms with van der Waals surface area (Å²) in [4.78, 5) is 4.71. The van der Waals surface area contributed by atoms with Gasteiger partial charge in [0.1, 0.15) is 12.4 Å². The van der Waals surface area contributed by atoms with Crippen molar-refractivity contribution in [2.24, 2.45) is 10.9 Å². The number of para-hydroxylation sites is 1. The highest BCUT2D eigenvalue weighted by molar-refractivity contribution is 14.1. The van der Waals surface area contributed by atoms with Gasteiger partial charge in [-0.25, -0.2) is 4.39 Å². The minimum absolute atomic E-state index is 0.123. The Hall–Kier alpha value is -3.65. The fourth-order valence-corrected chi connectivity index (χ4v) is 6.29. The second kappa shape index (κ2) is 11.2. The topological polar surface area (TPSA) is 42.8 Å². The predicted octanol–water partition coefficient (Wildman–Crippen LogP) is 8.60. The van der Waals surface area contributed by atoms with Crippen LogP contribution in [0.25, 0.3) is 0 Å². The van der Waals surface area contributed by atoms with Gasteiger partial charge in [0.15, 0.2) is 11.5 Å². The number of methoxy groups -OCH3 is 1. The van der Waals surface area contributed by atoms with Crippen molar-refractivity contribution in [1.29, 1.82) is 0 Å². The summed E-state index contributed by atoms with van der Waals surface area (Å²) >= 11 is 2.21. The lowest BCUT2D eigenvalue weighted by molar-refractivity contribution is 0.277. The molecule has 0 saturated heterocycles. The molecule has 0 spiro atoms. The summed E-state index contributed by atoms with van der Waals surface area (Å²) in [5, 5.41) is 3.78. The van der Waals surface area contributed by atoms with E-state index in [0.29, 0.717) is 28.9 Å². The number of benzene rings is 4. The van der Waals surface area contributed by atoms with Gasteiger partial charge in [-0.3, -0.25) is 4.99 Å². The van der Waals surface area contributed by atoms with E-state index in [1.54, 1.807) is 25.3 Å². The summed E-state index contributed by atoms with van der Waals surface area (Å²) in [6.45, 7) is 0.123. The van der Waals surface area contributed by atoms with Gasteiger partial charge in [-0.15, -0.1) is 0 Å². The molecule has 0 fully saturated rings. The van der Waals surface area contributed by atoms with Crippen molar-refractivity contribution in [3.63, 3.8) is 0 Å². The third-order valence-electron chi connectivity index (χ3n) is 7.47. The van der Waals surface area contributed by atoms with Gasteiger partial charge in [-0.1, -0.05) is 60.7 Å². The van der Waals surface area contributed by atoms with Crippen molar-refractivity contribution >= 4 is 40.2 Å². The van der Waals surface area contributed by atoms with E-state index in [1.165, 1.54) is 22.9 Å². The van der Waals surface area contributed by atoms with Crippen LogP contribution in [0.4, 0.5) is 15.8 Å². The molecule has 1 aliphatic heterocycles. The smallest absolute Gasteiger partial charge is 0.174 e. The molecule has 4 aromatic rings. The molecule has 0 saturated carbocycles. The molecule has 0 bridgehead atoms. The second-order valence-corrected chi connectivity index (χ2v) is 11.0. The minimum Gasteiger partial charge on any atom is -0.493 e. The summed E-state index contributed by atoms with van der Waals surface area (Å²) in [5.41, 5.74) is 6.16. The molecule has 0 amide bonds. The lowest BCUT2D eigenvalue weighted by atomic mass is 9.77. The zero-order valence-corrected chi connectivity index (χ0v) is 23.6. The molecule has 4 nitrogen and oxygen atoms in total. The maximum atomic E-state index is 14.0. The van der Waals surface area contributed by atoms with E-state index in [2.05, 4.69) is 88.6 Å². The van der Waals surface area contributed by atoms with Crippen molar-refractivity contribution < 1.29 is 13.9 Å². The molecule has 1 aliphatic carbocycles. The van der Waals surface area contributed by atoms with Gasteiger partial charge in [0.25, 0.3) is 0 Å². The lowest BCUT2D eigenvalue weighted by Crippen LogP contribution is -2.28. The standard InChI is InChI=1S/C33H28FIN2O2/c1-38-31-18-21(17-29(35)33(31)39-20-23-7-2-4-11-28(23)34)19-36-24-15-13-22(14-16-24)32-27-10-6-9-25(27)26-8-3-5-12-30(26)37-32/h2-9,11-19,25,27,32,37H,10,20H2,1H3/t25-,27+,32-/m0/s1. The van der Waals surface area contributed by atoms with Crippen LogP contribution in [0.5, 0.6) is 11.5 Å². The van der Waals surface area contributed by atoms with E-state index < -0.39 is 0 Å². The van der Waals surface area contributed by atoms with Gasteiger partial charge in [0.2, 0.25) is 0 Å². The van der Waals surface area contributed by atoms with Crippen LogP contribution in [-0.2, 0) is 6.61 Å². The van der Waals surface area contributed by atoms with Crippen molar-refractivity contribution in [3.8, 4) is 11.5 Å². The summed E-state index contributed by atoms with van der Waals surface area (Å²) in [7, 11) is 1.60. The number of fused-ring (bicyclic) bond motifs is 3. The Morgan fingerprint density at radius 1 is 1.03 bits per heavy atom. The van der Waals surface area contributed by atoms with E-state index in [0.717, 1.165) is 21.2 Å². The molecule has 39 heavy (non-hydrogen) atoms. The van der Waals surface area contributed by atoms with Gasteiger partial charge in [0.05, 0.1) is 22.4 Å². The summed E-state index contributed by atoms with van der Waals surface area (Å²) in [6, 6.07) is 27.9. The van der Waals surface area contributed by atoms with Crippen LogP contribution < -0.4 is 14.8 Å². The molecule has 0 radical (unpaired) electrons. The molecule has 0 aromatic heterocycles. The summed E-state index contributed by atoms with van der Waals surface area (Å²) in [5.74, 6) is 1.86. The molecular formula is C33H28FIN2O2. The maximum Gasteiger partial charge on any atom is 0.174 e. The van der Waals surface area contributed by atoms with Gasteiger partial charge in [0, 0.05) is 23.4 Å². The van der Waals surface area contributed by atoms with Crippen LogP contribution in [0.3, 0.4) is 0 Å². The molecular weight excluding hydrogens is 602 g/mol. The van der Waals surface area contributed by atoms with Crippen LogP contribution in [0.2, 0.25) is 0 Å². The molecule has 4 aromatic carbocycles. The zero-order chi connectivity index (χ0) is 26.8. The van der Waals surface area contributed by atoms with E-state index in [9.17, 15) is 4.39 Å². The van der Waals surface area contributed by atoms with Gasteiger partial charge in [-0.05, 0) is 88.0 Å². The van der Waals surface area contributed by atoms with Crippen LogP contribution in [0.1, 0.15) is 40.6 Å². The van der Waals surface area contributed by atoms with Gasteiger partial charge in [-0.2, -0.15) is 0 Å². The number of halogens is 2. The maximum absolute atomic E-state index is 14.0. The number of hydrogen-bond acceptors (Lipinski definition) is 4. The molecule has 1 N–H and O–H groups in total. The average Bonchev–Trinajstić information content (AvgIpc) is 3.46. The molecule has 6 heteroatoms. The fraction of sp³-hybridized carbons (Fsp3) is 0.182. The minimum atomic E-state index is -0.287. The average molecular weight is 631 g/mol. The van der Waals surface area contributed by atoms with E-state index >= 15 is 0 Å². The monoisotopic (exact) mass is 630 g/mol. The van der Waals surface area contributed by atoms with Gasteiger partial charge < -0.3 is 14.8 Å². The van der Waals surface area contributed by atoms with E-state index in [4.69, 9.17) is 14.5 Å². The van der Waals surface area contributed by atoms with Crippen molar-refractivity contribution in [3.05, 3.63) is 129 Å². The molecule has 0 unspecified atom stereocenters. The number of anilines is 1. The number of ether oxygens (including phenoxy) is 2. The first-order valence-electron chi connectivity index (χ1n) is 13.0. The summed E-state index contributed by atoms with van der Waals surface area (Å²) < 4.78 is 26.4. The predicted molar refractivity (Wildman–Crippen MR) is 163 cm³/mol. The van der Waals surface area contributed by atoms with Crippen molar-refractivity contribution in [2.75, 3.05) is 12.4 Å². The number of nitrogens with zero attached hydrogens (tertiary/aromatic N) is 1. The van der Waals surface area contributed by atoms with Crippen LogP contribution in [0, 0.1) is 15.3 Å². The Morgan fingerprint density at radius 2 is 1.82 bits per heavy atom. The first kappa shape index (κ1) is 25.6. The van der Waals surface area contributed by atoms with Gasteiger partial charge >= 0.3 is 0 Å². The number of allylic oxidation sites excluding steroid dienone is 2. The normalized spacial score (nSPS) is 19.4. The molecule has 6 rings (SSSR count). The zero-order valence-electron chi connectivity index (χ0n) is 21.5. The van der Waals surface area contributed by atoms with Crippen LogP contribution >= 0.6 is 22.6 Å². The third kappa shape index (κ3) is 5.30. The Labute approximate surface area is 241 Å². The number of hydrogen-bond donors (Lipinski definition) is 1. The Kier molecular flexibility index (Phi) is 7.37. The summed E-state index contributed by atoms with van der Waals surface area (Å²) in [6.07, 6.45) is 7.59. The fourth-order valence-electron chi connectivity index (χ4n) is 5.51. The van der Waals surface area contributed by atoms with Crippen molar-refractivity contribution in [2.45, 2.75) is 25.0 Å². The molecule has 3 atom stereocenters. The number of aliphatic imine (C=N–C) groups is 1. The molecule has 1 heterocycles. The Balaban J connectivity index is 1.17. The van der Waals surface area contributed by atoms with Crippen LogP contribution in [0.15, 0.2) is 102 Å². The van der Waals surface area contributed by atoms with E-state index in [1.807, 2.05) is 18.3 Å². The van der Waals surface area contributed by atoms with E-state index in [-0.39, 0.29) is 18.5 Å².